The maximum atomic E-state index is 6.17. The zero-order valence-corrected chi connectivity index (χ0v) is 13.1. The normalized spacial score (nSPS) is 14.3. The van der Waals surface area contributed by atoms with E-state index in [4.69, 9.17) is 27.9 Å². The lowest BCUT2D eigenvalue weighted by atomic mass is 9.94. The van der Waals surface area contributed by atoms with E-state index in [-0.39, 0.29) is 5.54 Å². The molecule has 4 heteroatoms. The Balaban J connectivity index is 2.16. The Morgan fingerprint density at radius 1 is 1.32 bits per heavy atom. The summed E-state index contributed by atoms with van der Waals surface area (Å²) in [6, 6.07) is 3.99. The molecule has 2 rings (SSSR count). The summed E-state index contributed by atoms with van der Waals surface area (Å²) in [5.74, 6) is 1.62. The fraction of sp³-hybridized carbons (Fsp3) is 0.600. The fourth-order valence-electron chi connectivity index (χ4n) is 2.50. The summed E-state index contributed by atoms with van der Waals surface area (Å²) in [6.07, 6.45) is 2.97. The third kappa shape index (κ3) is 3.18. The maximum Gasteiger partial charge on any atom is 0.127 e. The zero-order chi connectivity index (χ0) is 13.9. The van der Waals surface area contributed by atoms with Gasteiger partial charge >= 0.3 is 0 Å². The van der Waals surface area contributed by atoms with Gasteiger partial charge in [0.25, 0.3) is 0 Å². The SMILES string of the molecule is CCC(CC)(CCl)NCc1cc(Cl)cc2c1OCC2. The van der Waals surface area contributed by atoms with E-state index in [0.29, 0.717) is 5.88 Å². The molecule has 0 bridgehead atoms. The minimum Gasteiger partial charge on any atom is -0.493 e. The molecule has 0 unspecified atom stereocenters. The van der Waals surface area contributed by atoms with Crippen molar-refractivity contribution in [3.8, 4) is 5.75 Å². The van der Waals surface area contributed by atoms with Gasteiger partial charge in [-0.3, -0.25) is 0 Å². The van der Waals surface area contributed by atoms with E-state index in [2.05, 4.69) is 19.2 Å². The van der Waals surface area contributed by atoms with Crippen molar-refractivity contribution < 1.29 is 4.74 Å². The van der Waals surface area contributed by atoms with Crippen molar-refractivity contribution >= 4 is 23.2 Å². The zero-order valence-electron chi connectivity index (χ0n) is 11.6. The summed E-state index contributed by atoms with van der Waals surface area (Å²) < 4.78 is 5.72. The standard InChI is InChI=1S/C15H21Cl2NO/c1-3-15(4-2,10-16)18-9-12-8-13(17)7-11-5-6-19-14(11)12/h7-8,18H,3-6,9-10H2,1-2H3. The molecule has 19 heavy (non-hydrogen) atoms. The molecule has 0 aromatic heterocycles. The number of hydrogen-bond donors (Lipinski definition) is 1. The molecule has 0 radical (unpaired) electrons. The number of fused-ring (bicyclic) bond motifs is 1. The molecule has 2 nitrogen and oxygen atoms in total. The molecule has 0 aliphatic carbocycles. The first-order valence-corrected chi connectivity index (χ1v) is 7.80. The predicted molar refractivity (Wildman–Crippen MR) is 81.5 cm³/mol. The molecule has 0 spiro atoms. The van der Waals surface area contributed by atoms with Crippen LogP contribution in [0.15, 0.2) is 12.1 Å². The first kappa shape index (κ1) is 15.0. The molecule has 1 heterocycles. The molecule has 0 atom stereocenters. The second-order valence-corrected chi connectivity index (χ2v) is 5.83. The van der Waals surface area contributed by atoms with Crippen LogP contribution in [-0.2, 0) is 13.0 Å². The molecular weight excluding hydrogens is 281 g/mol. The van der Waals surface area contributed by atoms with Gasteiger partial charge in [0.05, 0.1) is 6.61 Å². The number of alkyl halides is 1. The summed E-state index contributed by atoms with van der Waals surface area (Å²) in [4.78, 5) is 0. The first-order chi connectivity index (χ1) is 9.14. The Hall–Kier alpha value is -0.440. The van der Waals surface area contributed by atoms with Gasteiger partial charge in [-0.25, -0.2) is 0 Å². The lowest BCUT2D eigenvalue weighted by Gasteiger charge is -2.31. The minimum atomic E-state index is -0.00460. The Kier molecular flexibility index (Phi) is 4.99. The average molecular weight is 302 g/mol. The second-order valence-electron chi connectivity index (χ2n) is 5.13. The van der Waals surface area contributed by atoms with Crippen molar-refractivity contribution in [1.29, 1.82) is 0 Å². The molecule has 1 aliphatic rings. The molecule has 0 amide bonds. The maximum absolute atomic E-state index is 6.17. The van der Waals surface area contributed by atoms with E-state index in [1.54, 1.807) is 0 Å². The predicted octanol–water partition coefficient (Wildman–Crippen LogP) is 4.16. The van der Waals surface area contributed by atoms with E-state index >= 15 is 0 Å². The van der Waals surface area contributed by atoms with Gasteiger partial charge in [0.15, 0.2) is 0 Å². The van der Waals surface area contributed by atoms with Crippen molar-refractivity contribution in [2.75, 3.05) is 12.5 Å². The topological polar surface area (TPSA) is 21.3 Å². The summed E-state index contributed by atoms with van der Waals surface area (Å²) in [6.45, 7) is 5.83. The molecule has 106 valence electrons. The highest BCUT2D eigenvalue weighted by Crippen LogP contribution is 2.33. The molecule has 1 N–H and O–H groups in total. The van der Waals surface area contributed by atoms with Crippen LogP contribution in [0.1, 0.15) is 37.8 Å². The number of rotatable bonds is 6. The van der Waals surface area contributed by atoms with Gasteiger partial charge in [0, 0.05) is 35.0 Å². The second kappa shape index (κ2) is 6.34. The third-order valence-electron chi connectivity index (χ3n) is 4.09. The molecule has 0 saturated carbocycles. The minimum absolute atomic E-state index is 0.00460. The van der Waals surface area contributed by atoms with Crippen molar-refractivity contribution in [3.05, 3.63) is 28.3 Å². The Morgan fingerprint density at radius 3 is 2.68 bits per heavy atom. The monoisotopic (exact) mass is 301 g/mol. The van der Waals surface area contributed by atoms with Crippen LogP contribution in [-0.4, -0.2) is 18.0 Å². The van der Waals surface area contributed by atoms with Gasteiger partial charge in [-0.15, -0.1) is 11.6 Å². The number of ether oxygens (including phenoxy) is 1. The van der Waals surface area contributed by atoms with Crippen molar-refractivity contribution in [2.45, 2.75) is 45.2 Å². The molecule has 1 aliphatic heterocycles. The van der Waals surface area contributed by atoms with Gasteiger partial charge in [0.1, 0.15) is 5.75 Å². The molecule has 1 aromatic carbocycles. The van der Waals surface area contributed by atoms with E-state index in [0.717, 1.165) is 48.7 Å². The fourth-order valence-corrected chi connectivity index (χ4v) is 3.23. The largest absolute Gasteiger partial charge is 0.493 e. The Labute approximate surface area is 125 Å². The quantitative estimate of drug-likeness (QED) is 0.797. The highest BCUT2D eigenvalue weighted by molar-refractivity contribution is 6.30. The van der Waals surface area contributed by atoms with Crippen molar-refractivity contribution in [1.82, 2.24) is 5.32 Å². The van der Waals surface area contributed by atoms with Crippen molar-refractivity contribution in [3.63, 3.8) is 0 Å². The summed E-state index contributed by atoms with van der Waals surface area (Å²) in [7, 11) is 0. The van der Waals surface area contributed by atoms with Gasteiger partial charge in [-0.1, -0.05) is 25.4 Å². The highest BCUT2D eigenvalue weighted by Gasteiger charge is 2.25. The molecule has 1 aromatic rings. The van der Waals surface area contributed by atoms with Gasteiger partial charge in [-0.05, 0) is 30.5 Å². The van der Waals surface area contributed by atoms with Crippen LogP contribution in [0.2, 0.25) is 5.02 Å². The van der Waals surface area contributed by atoms with Gasteiger partial charge in [0.2, 0.25) is 0 Å². The third-order valence-corrected chi connectivity index (χ3v) is 4.82. The molecule has 0 saturated heterocycles. The van der Waals surface area contributed by atoms with Crippen LogP contribution in [0.4, 0.5) is 0 Å². The van der Waals surface area contributed by atoms with Crippen molar-refractivity contribution in [2.24, 2.45) is 0 Å². The Bertz CT molecular complexity index is 436. The summed E-state index contributed by atoms with van der Waals surface area (Å²) in [5.41, 5.74) is 2.35. The number of hydrogen-bond acceptors (Lipinski definition) is 2. The number of halogens is 2. The molecule has 0 fully saturated rings. The van der Waals surface area contributed by atoms with Crippen LogP contribution in [0.5, 0.6) is 5.75 Å². The van der Waals surface area contributed by atoms with E-state index < -0.39 is 0 Å². The van der Waals surface area contributed by atoms with Crippen LogP contribution in [0.3, 0.4) is 0 Å². The van der Waals surface area contributed by atoms with Crippen LogP contribution < -0.4 is 10.1 Å². The molecular formula is C15H21Cl2NO. The summed E-state index contributed by atoms with van der Waals surface area (Å²) in [5, 5.41) is 4.37. The van der Waals surface area contributed by atoms with Gasteiger partial charge in [-0.2, -0.15) is 0 Å². The van der Waals surface area contributed by atoms with Gasteiger partial charge < -0.3 is 10.1 Å². The van der Waals surface area contributed by atoms with E-state index in [9.17, 15) is 0 Å². The summed E-state index contributed by atoms with van der Waals surface area (Å²) >= 11 is 12.3. The highest BCUT2D eigenvalue weighted by atomic mass is 35.5. The lowest BCUT2D eigenvalue weighted by Crippen LogP contribution is -2.45. The van der Waals surface area contributed by atoms with Crippen LogP contribution in [0, 0.1) is 0 Å². The average Bonchev–Trinajstić information content (AvgIpc) is 2.88. The van der Waals surface area contributed by atoms with Crippen LogP contribution in [0.25, 0.3) is 0 Å². The Morgan fingerprint density at radius 2 is 2.05 bits per heavy atom. The van der Waals surface area contributed by atoms with Crippen LogP contribution >= 0.6 is 23.2 Å². The van der Waals surface area contributed by atoms with E-state index in [1.807, 2.05) is 12.1 Å². The van der Waals surface area contributed by atoms with E-state index in [1.165, 1.54) is 5.56 Å². The lowest BCUT2D eigenvalue weighted by molar-refractivity contribution is 0.324. The first-order valence-electron chi connectivity index (χ1n) is 6.89. The smallest absolute Gasteiger partial charge is 0.127 e. The number of benzene rings is 1. The number of nitrogens with one attached hydrogen (secondary N) is 1.